The number of thiazole rings is 1. The van der Waals surface area contributed by atoms with Crippen LogP contribution in [-0.2, 0) is 16.1 Å². The first kappa shape index (κ1) is 32.0. The van der Waals surface area contributed by atoms with Gasteiger partial charge in [-0.25, -0.2) is 9.79 Å². The summed E-state index contributed by atoms with van der Waals surface area (Å²) in [6.45, 7) is 10.0. The molecule has 4 aromatic rings. The number of halogens is 2. The molecule has 0 aliphatic carbocycles. The van der Waals surface area contributed by atoms with E-state index in [1.807, 2.05) is 54.6 Å². The van der Waals surface area contributed by atoms with E-state index in [0.29, 0.717) is 43.5 Å². The predicted molar refractivity (Wildman–Crippen MR) is 185 cm³/mol. The van der Waals surface area contributed by atoms with Crippen LogP contribution in [0.15, 0.2) is 87.8 Å². The van der Waals surface area contributed by atoms with Crippen molar-refractivity contribution in [1.29, 1.82) is 0 Å². The number of hydrogen-bond acceptors (Lipinski definition) is 7. The number of nitrogens with zero attached hydrogens (tertiary/aromatic N) is 3. The molecule has 44 heavy (non-hydrogen) atoms. The lowest BCUT2D eigenvalue weighted by atomic mass is 9.96. The Morgan fingerprint density at radius 2 is 1.82 bits per heavy atom. The lowest BCUT2D eigenvalue weighted by molar-refractivity contribution is -0.139. The summed E-state index contributed by atoms with van der Waals surface area (Å²) in [5.74, 6) is 0.149. The van der Waals surface area contributed by atoms with Gasteiger partial charge in [0.1, 0.15) is 18.4 Å². The van der Waals surface area contributed by atoms with Crippen LogP contribution in [0.25, 0.3) is 6.08 Å². The summed E-state index contributed by atoms with van der Waals surface area (Å²) in [5, 5.41) is 0.446. The molecule has 228 valence electrons. The Hall–Kier alpha value is -3.41. The van der Waals surface area contributed by atoms with Crippen molar-refractivity contribution in [2.45, 2.75) is 40.3 Å². The van der Waals surface area contributed by atoms with Crippen LogP contribution in [0.2, 0.25) is 5.02 Å². The molecule has 1 aromatic heterocycles. The molecule has 1 aliphatic heterocycles. The molecule has 0 fully saturated rings. The van der Waals surface area contributed by atoms with Crippen LogP contribution in [0, 0.1) is 3.57 Å². The van der Waals surface area contributed by atoms with Gasteiger partial charge in [0.15, 0.2) is 4.80 Å². The fraction of sp³-hybridized carbons (Fsp3) is 0.265. The van der Waals surface area contributed by atoms with E-state index in [2.05, 4.69) is 58.5 Å². The standard InChI is InChI=1S/C34H33ClIN3O4S/c1-5-38(6-2)25-17-14-23(28(19-25)43-20-22-12-15-24(36)16-13-22)18-29-32(40)39-31(26-10-8-9-11-27(26)35)30(33(41)42-7-3)21(4)37-34(39)44-29/h8-19,31H,5-7,20H2,1-4H3/b29-18-/t31-/m1/s1. The molecule has 2 heterocycles. The molecule has 0 saturated heterocycles. The summed E-state index contributed by atoms with van der Waals surface area (Å²) in [6.07, 6.45) is 1.84. The number of benzene rings is 3. The van der Waals surface area contributed by atoms with Crippen molar-refractivity contribution in [3.8, 4) is 5.75 Å². The van der Waals surface area contributed by atoms with E-state index in [1.54, 1.807) is 24.5 Å². The van der Waals surface area contributed by atoms with Crippen LogP contribution in [-0.4, -0.2) is 30.2 Å². The second-order valence-electron chi connectivity index (χ2n) is 10.1. The number of anilines is 1. The zero-order valence-corrected chi connectivity index (χ0v) is 28.7. The lowest BCUT2D eigenvalue weighted by Crippen LogP contribution is -2.40. The Labute approximate surface area is 279 Å². The first-order chi connectivity index (χ1) is 21.2. The highest BCUT2D eigenvalue weighted by Gasteiger charge is 2.34. The van der Waals surface area contributed by atoms with Crippen LogP contribution in [0.4, 0.5) is 5.69 Å². The van der Waals surface area contributed by atoms with E-state index in [9.17, 15) is 9.59 Å². The zero-order valence-electron chi connectivity index (χ0n) is 25.0. The molecule has 0 spiro atoms. The fourth-order valence-corrected chi connectivity index (χ4v) is 6.85. The molecule has 7 nitrogen and oxygen atoms in total. The summed E-state index contributed by atoms with van der Waals surface area (Å²) >= 11 is 10.2. The van der Waals surface area contributed by atoms with E-state index in [4.69, 9.17) is 21.1 Å². The topological polar surface area (TPSA) is 73.1 Å². The van der Waals surface area contributed by atoms with Crippen LogP contribution in [0.5, 0.6) is 5.75 Å². The third kappa shape index (κ3) is 6.64. The van der Waals surface area contributed by atoms with Gasteiger partial charge in [0.25, 0.3) is 5.56 Å². The highest BCUT2D eigenvalue weighted by molar-refractivity contribution is 14.1. The van der Waals surface area contributed by atoms with Crippen molar-refractivity contribution in [2.24, 2.45) is 4.99 Å². The monoisotopic (exact) mass is 741 g/mol. The maximum Gasteiger partial charge on any atom is 0.338 e. The highest BCUT2D eigenvalue weighted by atomic mass is 127. The number of aromatic nitrogens is 1. The van der Waals surface area contributed by atoms with Gasteiger partial charge in [0.2, 0.25) is 0 Å². The third-order valence-electron chi connectivity index (χ3n) is 7.44. The van der Waals surface area contributed by atoms with Gasteiger partial charge in [-0.15, -0.1) is 0 Å². The molecule has 0 amide bonds. The summed E-state index contributed by atoms with van der Waals surface area (Å²) in [7, 11) is 0. The number of fused-ring (bicyclic) bond motifs is 1. The lowest BCUT2D eigenvalue weighted by Gasteiger charge is -2.25. The van der Waals surface area contributed by atoms with Crippen molar-refractivity contribution in [1.82, 2.24) is 4.57 Å². The zero-order chi connectivity index (χ0) is 31.4. The Kier molecular flexibility index (Phi) is 10.3. The molecule has 0 N–H and O–H groups in total. The molecule has 3 aromatic carbocycles. The Bertz CT molecular complexity index is 1890. The van der Waals surface area contributed by atoms with Crippen molar-refractivity contribution in [3.05, 3.63) is 123 Å². The van der Waals surface area contributed by atoms with Gasteiger partial charge in [0.05, 0.1) is 22.4 Å². The summed E-state index contributed by atoms with van der Waals surface area (Å²) in [5.41, 5.74) is 4.00. The molecule has 0 unspecified atom stereocenters. The van der Waals surface area contributed by atoms with Gasteiger partial charge in [-0.2, -0.15) is 0 Å². The van der Waals surface area contributed by atoms with Crippen LogP contribution in [0.3, 0.4) is 0 Å². The molecule has 1 atom stereocenters. The van der Waals surface area contributed by atoms with E-state index >= 15 is 0 Å². The van der Waals surface area contributed by atoms with E-state index in [1.165, 1.54) is 11.3 Å². The number of carbonyl (C=O) groups is 1. The molecule has 0 radical (unpaired) electrons. The highest BCUT2D eigenvalue weighted by Crippen LogP contribution is 2.34. The fourth-order valence-electron chi connectivity index (χ4n) is 5.22. The third-order valence-corrected chi connectivity index (χ3v) is 9.48. The molecular formula is C34H33ClIN3O4S. The van der Waals surface area contributed by atoms with Crippen molar-refractivity contribution >= 4 is 63.3 Å². The number of esters is 1. The Morgan fingerprint density at radius 1 is 1.09 bits per heavy atom. The van der Waals surface area contributed by atoms with Crippen molar-refractivity contribution in [2.75, 3.05) is 24.6 Å². The second-order valence-corrected chi connectivity index (χ2v) is 12.8. The quantitative estimate of drug-likeness (QED) is 0.138. The van der Waals surface area contributed by atoms with Gasteiger partial charge >= 0.3 is 5.97 Å². The number of ether oxygens (including phenoxy) is 2. The molecule has 0 saturated carbocycles. The summed E-state index contributed by atoms with van der Waals surface area (Å²) in [6, 6.07) is 20.7. The van der Waals surface area contributed by atoms with Crippen LogP contribution in [0.1, 0.15) is 50.4 Å². The van der Waals surface area contributed by atoms with Crippen LogP contribution < -0.4 is 24.5 Å². The molecule has 1 aliphatic rings. The van der Waals surface area contributed by atoms with Gasteiger partial charge in [-0.1, -0.05) is 53.3 Å². The number of carbonyl (C=O) groups excluding carboxylic acids is 1. The predicted octanol–water partition coefficient (Wildman–Crippen LogP) is 6.48. The maximum absolute atomic E-state index is 14.2. The average Bonchev–Trinajstić information content (AvgIpc) is 3.32. The number of allylic oxidation sites excluding steroid dienone is 1. The van der Waals surface area contributed by atoms with E-state index in [0.717, 1.165) is 33.5 Å². The minimum absolute atomic E-state index is 0.198. The van der Waals surface area contributed by atoms with Crippen molar-refractivity contribution in [3.63, 3.8) is 0 Å². The minimum Gasteiger partial charge on any atom is -0.488 e. The molecule has 10 heteroatoms. The van der Waals surface area contributed by atoms with Gasteiger partial charge < -0.3 is 14.4 Å². The average molecular weight is 742 g/mol. The number of hydrogen-bond donors (Lipinski definition) is 0. The van der Waals surface area contributed by atoms with E-state index < -0.39 is 12.0 Å². The summed E-state index contributed by atoms with van der Waals surface area (Å²) < 4.78 is 14.9. The first-order valence-electron chi connectivity index (χ1n) is 14.5. The second kappa shape index (κ2) is 14.1. The van der Waals surface area contributed by atoms with Crippen LogP contribution >= 0.6 is 45.5 Å². The minimum atomic E-state index is -0.775. The van der Waals surface area contributed by atoms with Gasteiger partial charge in [0, 0.05) is 39.0 Å². The maximum atomic E-state index is 14.2. The molecule has 5 rings (SSSR count). The Balaban J connectivity index is 1.65. The smallest absolute Gasteiger partial charge is 0.338 e. The first-order valence-corrected chi connectivity index (χ1v) is 16.7. The largest absolute Gasteiger partial charge is 0.488 e. The van der Waals surface area contributed by atoms with E-state index in [-0.39, 0.29) is 12.2 Å². The van der Waals surface area contributed by atoms with Gasteiger partial charge in [-0.3, -0.25) is 9.36 Å². The summed E-state index contributed by atoms with van der Waals surface area (Å²) in [4.78, 5) is 34.8. The van der Waals surface area contributed by atoms with Gasteiger partial charge in [-0.05, 0) is 97.8 Å². The van der Waals surface area contributed by atoms with Crippen molar-refractivity contribution < 1.29 is 14.3 Å². The SMILES string of the molecule is CCOC(=O)C1=C(C)N=c2s/c(=C\c3ccc(N(CC)CC)cc3OCc3ccc(I)cc3)c(=O)n2[C@@H]1c1ccccc1Cl. The Morgan fingerprint density at radius 3 is 2.50 bits per heavy atom. The normalized spacial score (nSPS) is 14.7. The molecular weight excluding hydrogens is 709 g/mol. The molecule has 0 bridgehead atoms. The number of rotatable bonds is 10.